The van der Waals surface area contributed by atoms with Crippen molar-refractivity contribution in [3.63, 3.8) is 0 Å². The van der Waals surface area contributed by atoms with E-state index in [2.05, 4.69) is 4.98 Å². The van der Waals surface area contributed by atoms with Gasteiger partial charge in [-0.05, 0) is 18.2 Å². The van der Waals surface area contributed by atoms with Crippen LogP contribution in [0.25, 0.3) is 5.69 Å². The topological polar surface area (TPSA) is 34.9 Å². The van der Waals surface area contributed by atoms with Crippen LogP contribution in [0.15, 0.2) is 47.5 Å². The maximum Gasteiger partial charge on any atom is 0.256 e. The van der Waals surface area contributed by atoms with Gasteiger partial charge in [0.15, 0.2) is 0 Å². The highest BCUT2D eigenvalue weighted by Crippen LogP contribution is 2.10. The van der Waals surface area contributed by atoms with Gasteiger partial charge in [-0.3, -0.25) is 14.3 Å². The van der Waals surface area contributed by atoms with Gasteiger partial charge >= 0.3 is 0 Å². The number of halogens is 1. The van der Waals surface area contributed by atoms with Crippen molar-refractivity contribution in [1.82, 2.24) is 9.55 Å². The second-order valence-electron chi connectivity index (χ2n) is 2.73. The van der Waals surface area contributed by atoms with Gasteiger partial charge in [-0.2, -0.15) is 0 Å². The average molecular weight is 207 g/mol. The van der Waals surface area contributed by atoms with E-state index in [0.717, 1.165) is 0 Å². The maximum atomic E-state index is 11.5. The molecule has 0 aliphatic carbocycles. The molecule has 0 saturated carbocycles. The van der Waals surface area contributed by atoms with E-state index < -0.39 is 0 Å². The Balaban J connectivity index is 2.69. The molecule has 2 heterocycles. The molecular formula is C10H7ClN2O. The first-order chi connectivity index (χ1) is 6.79. The summed E-state index contributed by atoms with van der Waals surface area (Å²) in [6, 6.07) is 8.28. The molecule has 0 radical (unpaired) electrons. The van der Waals surface area contributed by atoms with Crippen LogP contribution < -0.4 is 5.56 Å². The minimum absolute atomic E-state index is 0.162. The molecule has 2 aromatic rings. The SMILES string of the molecule is O=c1cccc(Cl)n1-c1cccnc1. The van der Waals surface area contributed by atoms with Crippen molar-refractivity contribution in [2.24, 2.45) is 0 Å². The maximum absolute atomic E-state index is 11.5. The Morgan fingerprint density at radius 2 is 2.07 bits per heavy atom. The summed E-state index contributed by atoms with van der Waals surface area (Å²) in [5, 5.41) is 0.380. The van der Waals surface area contributed by atoms with Crippen LogP contribution in [0, 0.1) is 0 Å². The van der Waals surface area contributed by atoms with E-state index in [-0.39, 0.29) is 5.56 Å². The predicted molar refractivity (Wildman–Crippen MR) is 54.8 cm³/mol. The van der Waals surface area contributed by atoms with Crippen molar-refractivity contribution in [2.45, 2.75) is 0 Å². The van der Waals surface area contributed by atoms with Crippen molar-refractivity contribution in [3.8, 4) is 5.69 Å². The number of pyridine rings is 2. The Bertz CT molecular complexity index is 493. The number of hydrogen-bond acceptors (Lipinski definition) is 2. The first kappa shape index (κ1) is 8.97. The van der Waals surface area contributed by atoms with Crippen LogP contribution in [0.4, 0.5) is 0 Å². The van der Waals surface area contributed by atoms with Crippen LogP contribution in [0.5, 0.6) is 0 Å². The third-order valence-corrected chi connectivity index (χ3v) is 2.11. The Labute approximate surface area is 85.6 Å². The lowest BCUT2D eigenvalue weighted by atomic mass is 10.4. The second-order valence-corrected chi connectivity index (χ2v) is 3.12. The van der Waals surface area contributed by atoms with Crippen LogP contribution in [0.1, 0.15) is 0 Å². The summed E-state index contributed by atoms with van der Waals surface area (Å²) in [6.45, 7) is 0. The van der Waals surface area contributed by atoms with Crippen LogP contribution in [-0.4, -0.2) is 9.55 Å². The van der Waals surface area contributed by atoms with Gasteiger partial charge in [0.2, 0.25) is 0 Å². The summed E-state index contributed by atoms with van der Waals surface area (Å²) in [5.74, 6) is 0. The Morgan fingerprint density at radius 3 is 2.71 bits per heavy atom. The average Bonchev–Trinajstić information content (AvgIpc) is 2.19. The zero-order chi connectivity index (χ0) is 9.97. The fourth-order valence-corrected chi connectivity index (χ4v) is 1.45. The van der Waals surface area contributed by atoms with Crippen molar-refractivity contribution in [2.75, 3.05) is 0 Å². The molecule has 0 saturated heterocycles. The molecule has 2 rings (SSSR count). The summed E-state index contributed by atoms with van der Waals surface area (Å²) >= 11 is 5.90. The minimum Gasteiger partial charge on any atom is -0.269 e. The molecule has 0 N–H and O–H groups in total. The molecule has 0 spiro atoms. The van der Waals surface area contributed by atoms with Gasteiger partial charge in [0.05, 0.1) is 11.9 Å². The van der Waals surface area contributed by atoms with E-state index in [1.807, 2.05) is 0 Å². The standard InChI is InChI=1S/C10H7ClN2O/c11-9-4-1-5-10(14)13(9)8-3-2-6-12-7-8/h1-7H. The van der Waals surface area contributed by atoms with Gasteiger partial charge in [-0.15, -0.1) is 0 Å². The number of aromatic nitrogens is 2. The highest BCUT2D eigenvalue weighted by atomic mass is 35.5. The van der Waals surface area contributed by atoms with Gasteiger partial charge < -0.3 is 0 Å². The van der Waals surface area contributed by atoms with Gasteiger partial charge in [0.1, 0.15) is 5.15 Å². The summed E-state index contributed by atoms with van der Waals surface area (Å²) in [4.78, 5) is 15.4. The van der Waals surface area contributed by atoms with E-state index >= 15 is 0 Å². The smallest absolute Gasteiger partial charge is 0.256 e. The second kappa shape index (κ2) is 3.64. The fourth-order valence-electron chi connectivity index (χ4n) is 1.20. The molecule has 14 heavy (non-hydrogen) atoms. The third-order valence-electron chi connectivity index (χ3n) is 1.81. The molecule has 70 valence electrons. The highest BCUT2D eigenvalue weighted by Gasteiger charge is 2.02. The molecule has 3 nitrogen and oxygen atoms in total. The van der Waals surface area contributed by atoms with E-state index in [4.69, 9.17) is 11.6 Å². The molecule has 0 bridgehead atoms. The van der Waals surface area contributed by atoms with E-state index in [1.54, 1.807) is 36.7 Å². The van der Waals surface area contributed by atoms with Crippen LogP contribution in [-0.2, 0) is 0 Å². The molecule has 0 amide bonds. The predicted octanol–water partition coefficient (Wildman–Crippen LogP) is 1.89. The van der Waals surface area contributed by atoms with Crippen LogP contribution in [0.2, 0.25) is 5.15 Å². The molecular weight excluding hydrogens is 200 g/mol. The normalized spacial score (nSPS) is 10.1. The highest BCUT2D eigenvalue weighted by molar-refractivity contribution is 6.29. The lowest BCUT2D eigenvalue weighted by Gasteiger charge is -2.05. The van der Waals surface area contributed by atoms with Gasteiger partial charge in [-0.25, -0.2) is 0 Å². The van der Waals surface area contributed by atoms with E-state index in [1.165, 1.54) is 10.6 Å². The monoisotopic (exact) mass is 206 g/mol. The molecule has 0 fully saturated rings. The molecule has 0 aliphatic heterocycles. The van der Waals surface area contributed by atoms with Gasteiger partial charge in [0.25, 0.3) is 5.56 Å². The molecule has 0 aliphatic rings. The van der Waals surface area contributed by atoms with Crippen molar-refractivity contribution in [3.05, 3.63) is 58.2 Å². The quantitative estimate of drug-likeness (QED) is 0.668. The Hall–Kier alpha value is -1.61. The Morgan fingerprint density at radius 1 is 1.21 bits per heavy atom. The van der Waals surface area contributed by atoms with Gasteiger partial charge in [0, 0.05) is 12.3 Å². The zero-order valence-corrected chi connectivity index (χ0v) is 7.98. The van der Waals surface area contributed by atoms with Crippen molar-refractivity contribution >= 4 is 11.6 Å². The number of hydrogen-bond donors (Lipinski definition) is 0. The summed E-state index contributed by atoms with van der Waals surface area (Å²) in [5.41, 5.74) is 0.508. The number of rotatable bonds is 1. The lowest BCUT2D eigenvalue weighted by molar-refractivity contribution is 0.979. The summed E-state index contributed by atoms with van der Waals surface area (Å²) in [7, 11) is 0. The molecule has 0 atom stereocenters. The molecule has 2 aromatic heterocycles. The zero-order valence-electron chi connectivity index (χ0n) is 7.22. The minimum atomic E-state index is -0.162. The summed E-state index contributed by atoms with van der Waals surface area (Å²) < 4.78 is 1.40. The largest absolute Gasteiger partial charge is 0.269 e. The fraction of sp³-hybridized carbons (Fsp3) is 0. The molecule has 0 aromatic carbocycles. The van der Waals surface area contributed by atoms with Crippen LogP contribution in [0.3, 0.4) is 0 Å². The van der Waals surface area contributed by atoms with Crippen LogP contribution >= 0.6 is 11.6 Å². The van der Waals surface area contributed by atoms with E-state index in [0.29, 0.717) is 10.8 Å². The molecule has 4 heteroatoms. The molecule has 0 unspecified atom stereocenters. The number of nitrogens with zero attached hydrogens (tertiary/aromatic N) is 2. The summed E-state index contributed by atoms with van der Waals surface area (Å²) in [6.07, 6.45) is 3.23. The lowest BCUT2D eigenvalue weighted by Crippen LogP contribution is -2.17. The van der Waals surface area contributed by atoms with Gasteiger partial charge in [-0.1, -0.05) is 17.7 Å². The first-order valence-corrected chi connectivity index (χ1v) is 4.45. The third kappa shape index (κ3) is 1.54. The van der Waals surface area contributed by atoms with Crippen molar-refractivity contribution < 1.29 is 0 Å². The van der Waals surface area contributed by atoms with Crippen molar-refractivity contribution in [1.29, 1.82) is 0 Å². The van der Waals surface area contributed by atoms with E-state index in [9.17, 15) is 4.79 Å². The first-order valence-electron chi connectivity index (χ1n) is 4.07. The Kier molecular flexibility index (Phi) is 2.33.